The van der Waals surface area contributed by atoms with Crippen LogP contribution in [0.5, 0.6) is 5.75 Å². The highest BCUT2D eigenvalue weighted by Gasteiger charge is 2.23. The molecule has 8 nitrogen and oxygen atoms in total. The molecule has 0 atom stereocenters. The number of halogens is 1. The molecule has 2 N–H and O–H groups in total. The van der Waals surface area contributed by atoms with Crippen LogP contribution in [0.3, 0.4) is 0 Å². The quantitative estimate of drug-likeness (QED) is 0.384. The van der Waals surface area contributed by atoms with E-state index in [1.807, 2.05) is 0 Å². The Bertz CT molecular complexity index is 1340. The number of anilines is 1. The van der Waals surface area contributed by atoms with Crippen molar-refractivity contribution in [3.63, 3.8) is 0 Å². The minimum absolute atomic E-state index is 0.245. The number of carbonyl (C=O) groups is 1. The molecular weight excluding hydrogens is 461 g/mol. The van der Waals surface area contributed by atoms with Gasteiger partial charge in [0.15, 0.2) is 5.82 Å². The van der Waals surface area contributed by atoms with Gasteiger partial charge in [-0.1, -0.05) is 0 Å². The lowest BCUT2D eigenvalue weighted by Gasteiger charge is -2.31. The Morgan fingerprint density at radius 2 is 1.89 bits per heavy atom. The van der Waals surface area contributed by atoms with E-state index in [9.17, 15) is 14.3 Å². The number of hydrogen-bond donors (Lipinski definition) is 2. The highest BCUT2D eigenvalue weighted by Crippen LogP contribution is 2.32. The molecule has 0 bridgehead atoms. The van der Waals surface area contributed by atoms with Crippen molar-refractivity contribution in [2.24, 2.45) is 0 Å². The fraction of sp³-hybridized carbons (Fsp3) is 0.259. The number of pyridine rings is 1. The van der Waals surface area contributed by atoms with Crippen LogP contribution in [0.4, 0.5) is 10.2 Å². The molecule has 1 aliphatic rings. The first-order valence-electron chi connectivity index (χ1n) is 11.9. The molecule has 1 aliphatic heterocycles. The van der Waals surface area contributed by atoms with Gasteiger partial charge in [-0.25, -0.2) is 14.4 Å². The Balaban J connectivity index is 1.38. The molecule has 184 valence electrons. The van der Waals surface area contributed by atoms with Gasteiger partial charge >= 0.3 is 0 Å². The second-order valence-corrected chi connectivity index (χ2v) is 8.62. The van der Waals surface area contributed by atoms with Crippen LogP contribution < -0.4 is 15.0 Å². The molecule has 5 rings (SSSR count). The number of aliphatic hydroxyl groups is 1. The molecule has 1 fully saturated rings. The van der Waals surface area contributed by atoms with Gasteiger partial charge in [-0.3, -0.25) is 9.78 Å². The summed E-state index contributed by atoms with van der Waals surface area (Å²) in [6.45, 7) is 1.94. The molecule has 0 radical (unpaired) electrons. The Morgan fingerprint density at radius 1 is 1.08 bits per heavy atom. The summed E-state index contributed by atoms with van der Waals surface area (Å²) < 4.78 is 19.2. The van der Waals surface area contributed by atoms with E-state index in [1.54, 1.807) is 54.9 Å². The number of ether oxygens (including phenoxy) is 1. The number of carbonyl (C=O) groups excluding carboxylic acids is 1. The van der Waals surface area contributed by atoms with E-state index < -0.39 is 0 Å². The van der Waals surface area contributed by atoms with Crippen LogP contribution in [0.2, 0.25) is 0 Å². The number of piperidine rings is 1. The molecule has 0 saturated carbocycles. The first-order valence-corrected chi connectivity index (χ1v) is 11.9. The first kappa shape index (κ1) is 23.6. The summed E-state index contributed by atoms with van der Waals surface area (Å²) in [6.07, 6.45) is 4.25. The number of fused-ring (bicyclic) bond motifs is 1. The van der Waals surface area contributed by atoms with Crippen LogP contribution in [0.25, 0.3) is 22.3 Å². The zero-order chi connectivity index (χ0) is 24.9. The smallest absolute Gasteiger partial charge is 0.251 e. The average Bonchev–Trinajstić information content (AvgIpc) is 2.91. The lowest BCUT2D eigenvalue weighted by atomic mass is 10.1. The van der Waals surface area contributed by atoms with Gasteiger partial charge < -0.3 is 20.1 Å². The second kappa shape index (κ2) is 10.7. The summed E-state index contributed by atoms with van der Waals surface area (Å²) in [7, 11) is 0. The number of benzene rings is 2. The molecule has 1 saturated heterocycles. The minimum atomic E-state index is -0.332. The number of hydrogen-bond acceptors (Lipinski definition) is 7. The van der Waals surface area contributed by atoms with Gasteiger partial charge in [0.25, 0.3) is 5.91 Å². The highest BCUT2D eigenvalue weighted by atomic mass is 19.1. The summed E-state index contributed by atoms with van der Waals surface area (Å²) in [5.74, 6) is 0.748. The summed E-state index contributed by atoms with van der Waals surface area (Å²) in [5.41, 5.74) is 3.01. The third-order valence-electron chi connectivity index (χ3n) is 6.08. The third-order valence-corrected chi connectivity index (χ3v) is 6.08. The maximum atomic E-state index is 13.6. The van der Waals surface area contributed by atoms with Crippen molar-refractivity contribution >= 4 is 22.8 Å². The van der Waals surface area contributed by atoms with Crippen molar-refractivity contribution in [2.45, 2.75) is 18.9 Å². The minimum Gasteiger partial charge on any atom is -0.490 e. The zero-order valence-electron chi connectivity index (χ0n) is 19.6. The first-order chi connectivity index (χ1) is 17.6. The maximum Gasteiger partial charge on any atom is 0.251 e. The van der Waals surface area contributed by atoms with Gasteiger partial charge in [-0.2, -0.15) is 0 Å². The number of nitrogens with zero attached hydrogens (tertiary/aromatic N) is 4. The third kappa shape index (κ3) is 5.41. The van der Waals surface area contributed by atoms with Crippen LogP contribution in [0, 0.1) is 5.82 Å². The summed E-state index contributed by atoms with van der Waals surface area (Å²) in [4.78, 5) is 28.5. The topological polar surface area (TPSA) is 100 Å². The van der Waals surface area contributed by atoms with Gasteiger partial charge in [0, 0.05) is 30.4 Å². The number of aliphatic hydroxyl groups excluding tert-OH is 1. The SMILES string of the molecule is O=C(NCCOc1cccnc1)c1ccc2nc(N3CCC(O)CC3)c(-c3ccc(F)cc3)nc2c1. The number of aromatic nitrogens is 3. The summed E-state index contributed by atoms with van der Waals surface area (Å²) >= 11 is 0. The van der Waals surface area contributed by atoms with Crippen molar-refractivity contribution < 1.29 is 19.0 Å². The van der Waals surface area contributed by atoms with E-state index in [1.165, 1.54) is 12.1 Å². The fourth-order valence-corrected chi connectivity index (χ4v) is 4.15. The Hall–Kier alpha value is -4.11. The van der Waals surface area contributed by atoms with Crippen LogP contribution in [0.15, 0.2) is 67.0 Å². The molecule has 2 aromatic carbocycles. The number of rotatable bonds is 7. The van der Waals surface area contributed by atoms with Crippen molar-refractivity contribution in [3.05, 3.63) is 78.4 Å². The average molecular weight is 488 g/mol. The summed E-state index contributed by atoms with van der Waals surface area (Å²) in [6, 6.07) is 14.9. The van der Waals surface area contributed by atoms with Gasteiger partial charge in [-0.05, 0) is 67.4 Å². The Morgan fingerprint density at radius 3 is 2.64 bits per heavy atom. The lowest BCUT2D eigenvalue weighted by molar-refractivity contribution is 0.0947. The van der Waals surface area contributed by atoms with Crippen LogP contribution >= 0.6 is 0 Å². The highest BCUT2D eigenvalue weighted by molar-refractivity contribution is 5.98. The fourth-order valence-electron chi connectivity index (χ4n) is 4.15. The van der Waals surface area contributed by atoms with Crippen molar-refractivity contribution in [1.82, 2.24) is 20.3 Å². The molecule has 2 aromatic heterocycles. The molecule has 1 amide bonds. The van der Waals surface area contributed by atoms with E-state index in [4.69, 9.17) is 14.7 Å². The normalized spacial score (nSPS) is 14.1. The van der Waals surface area contributed by atoms with E-state index >= 15 is 0 Å². The van der Waals surface area contributed by atoms with E-state index in [2.05, 4.69) is 15.2 Å². The largest absolute Gasteiger partial charge is 0.490 e. The summed E-state index contributed by atoms with van der Waals surface area (Å²) in [5, 5.41) is 12.8. The standard InChI is InChI=1S/C27H26FN5O3/c28-20-6-3-18(4-7-20)25-26(33-13-9-21(34)10-14-33)32-23-8-5-19(16-24(23)31-25)27(35)30-12-15-36-22-2-1-11-29-17-22/h1-8,11,16-17,21,34H,9-10,12-15H2,(H,30,35). The molecule has 3 heterocycles. The second-order valence-electron chi connectivity index (χ2n) is 8.62. The van der Waals surface area contributed by atoms with E-state index in [0.717, 1.165) is 5.56 Å². The van der Waals surface area contributed by atoms with Gasteiger partial charge in [0.05, 0.1) is 29.9 Å². The predicted molar refractivity (Wildman–Crippen MR) is 134 cm³/mol. The monoisotopic (exact) mass is 487 g/mol. The van der Waals surface area contributed by atoms with Gasteiger partial charge in [0.2, 0.25) is 0 Å². The maximum absolute atomic E-state index is 13.6. The van der Waals surface area contributed by atoms with Gasteiger partial charge in [0.1, 0.15) is 23.9 Å². The molecule has 4 aromatic rings. The van der Waals surface area contributed by atoms with Crippen molar-refractivity contribution in [1.29, 1.82) is 0 Å². The Labute approximate surface area is 207 Å². The van der Waals surface area contributed by atoms with Crippen LogP contribution in [-0.2, 0) is 0 Å². The van der Waals surface area contributed by atoms with E-state index in [-0.39, 0.29) is 17.8 Å². The van der Waals surface area contributed by atoms with Crippen molar-refractivity contribution in [3.8, 4) is 17.0 Å². The zero-order valence-corrected chi connectivity index (χ0v) is 19.6. The van der Waals surface area contributed by atoms with Crippen LogP contribution in [0.1, 0.15) is 23.2 Å². The molecule has 36 heavy (non-hydrogen) atoms. The van der Waals surface area contributed by atoms with Crippen LogP contribution in [-0.4, -0.2) is 58.3 Å². The van der Waals surface area contributed by atoms with Gasteiger partial charge in [-0.15, -0.1) is 0 Å². The molecular formula is C27H26FN5O3. The molecule has 9 heteroatoms. The predicted octanol–water partition coefficient (Wildman–Crippen LogP) is 3.60. The molecule has 0 aliphatic carbocycles. The lowest BCUT2D eigenvalue weighted by Crippen LogP contribution is -2.36. The number of amides is 1. The van der Waals surface area contributed by atoms with E-state index in [0.29, 0.717) is 72.9 Å². The van der Waals surface area contributed by atoms with Crippen molar-refractivity contribution in [2.75, 3.05) is 31.1 Å². The Kier molecular flexibility index (Phi) is 6.99. The molecule has 0 unspecified atom stereocenters. The number of nitrogens with one attached hydrogen (secondary N) is 1. The molecule has 0 spiro atoms.